The number of amides is 1. The Kier molecular flexibility index (Phi) is 18.7. The van der Waals surface area contributed by atoms with E-state index in [4.69, 9.17) is 48.9 Å². The summed E-state index contributed by atoms with van der Waals surface area (Å²) < 4.78 is 106. The number of carboxylic acids is 2. The van der Waals surface area contributed by atoms with Crippen LogP contribution in [0.15, 0.2) is 85.2 Å². The second-order valence-electron chi connectivity index (χ2n) is 22.7. The Balaban J connectivity index is 0.000000224. The molecule has 2 fully saturated rings. The highest BCUT2D eigenvalue weighted by Gasteiger charge is 2.51. The third kappa shape index (κ3) is 14.9. The number of aliphatic carboxylic acids is 2. The summed E-state index contributed by atoms with van der Waals surface area (Å²) in [6, 6.07) is 12.3. The molecule has 6 atom stereocenters. The Morgan fingerprint density at radius 3 is 1.52 bits per heavy atom. The third-order valence-corrected chi connectivity index (χ3v) is 15.6. The molecule has 4 aromatic heterocycles. The van der Waals surface area contributed by atoms with Crippen LogP contribution < -0.4 is 26.3 Å². The summed E-state index contributed by atoms with van der Waals surface area (Å²) in [5.41, 5.74) is 13.5. The molecule has 6 heterocycles. The summed E-state index contributed by atoms with van der Waals surface area (Å²) in [5.74, 6) is -3.21. The molecular formula is C57H61Cl3F6N12O8. The first kappa shape index (κ1) is 64.3. The highest BCUT2D eigenvalue weighted by Crippen LogP contribution is 2.49. The lowest BCUT2D eigenvalue weighted by Gasteiger charge is -2.32. The van der Waals surface area contributed by atoms with Crippen molar-refractivity contribution in [1.29, 1.82) is 0 Å². The number of likely N-dealkylation sites (tertiary alicyclic amines) is 1. The van der Waals surface area contributed by atoms with Gasteiger partial charge in [0.05, 0.1) is 34.2 Å². The zero-order valence-corrected chi connectivity index (χ0v) is 49.2. The minimum absolute atomic E-state index is 0. The van der Waals surface area contributed by atoms with E-state index in [1.165, 1.54) is 69.0 Å². The third-order valence-electron chi connectivity index (χ3n) is 15.2. The van der Waals surface area contributed by atoms with Crippen molar-refractivity contribution in [2.75, 3.05) is 24.6 Å². The van der Waals surface area contributed by atoms with Crippen LogP contribution in [0.25, 0.3) is 22.5 Å². The number of carbonyl (C=O) groups is 3. The smallest absolute Gasteiger partial charge is 0.429 e. The van der Waals surface area contributed by atoms with Crippen LogP contribution in [0.4, 0.5) is 43.0 Å². The van der Waals surface area contributed by atoms with Gasteiger partial charge in [0.25, 0.3) is 0 Å². The predicted molar refractivity (Wildman–Crippen MR) is 307 cm³/mol. The summed E-state index contributed by atoms with van der Waals surface area (Å²) in [6.07, 6.45) is -4.38. The molecule has 460 valence electrons. The Bertz CT molecular complexity index is 3590. The van der Waals surface area contributed by atoms with Gasteiger partial charge in [0, 0.05) is 58.8 Å². The van der Waals surface area contributed by atoms with Crippen molar-refractivity contribution in [3.8, 4) is 23.1 Å². The van der Waals surface area contributed by atoms with Crippen LogP contribution in [0.5, 0.6) is 11.8 Å². The quantitative estimate of drug-likeness (QED) is 0.0712. The van der Waals surface area contributed by atoms with Gasteiger partial charge in [0.15, 0.2) is 0 Å². The minimum Gasteiger partial charge on any atom is -0.480 e. The molecule has 2 aromatic carbocycles. The van der Waals surface area contributed by atoms with Gasteiger partial charge in [-0.1, -0.05) is 47.5 Å². The number of aromatic nitrogens is 8. The molecular weight excluding hydrogens is 1200 g/mol. The lowest BCUT2D eigenvalue weighted by Crippen LogP contribution is -2.43. The summed E-state index contributed by atoms with van der Waals surface area (Å²) >= 11 is 12.2. The van der Waals surface area contributed by atoms with Crippen LogP contribution >= 0.6 is 35.6 Å². The largest absolute Gasteiger partial charge is 0.480 e. The number of hydrogen-bond donors (Lipinski definition) is 5. The molecule has 86 heavy (non-hydrogen) atoms. The van der Waals surface area contributed by atoms with Gasteiger partial charge in [-0.25, -0.2) is 28.9 Å². The number of aryl methyl sites for hydroxylation is 2. The van der Waals surface area contributed by atoms with Gasteiger partial charge in [0.1, 0.15) is 17.7 Å². The first-order valence-electron chi connectivity index (χ1n) is 26.8. The zero-order valence-electron chi connectivity index (χ0n) is 46.9. The van der Waals surface area contributed by atoms with E-state index in [1.807, 2.05) is 12.2 Å². The SMILES string of the molecule is Cc1ccn(-c2cc(Cl)ccc2[C@@H](Oc2cc(C3=CCC4(CC3)CC(C(=O)O)N(C(=O)OC(C)(C)C)C4)nc(N)n2)C(F)(F)F)n1.Cc1ccn(-c2cc(Cl)ccc2[C@@H](Oc2cc(C3=CCC4(CC3)CNC(C(=O)O)C4)nc(N)n2)C(F)(F)F)n1.Cl. The van der Waals surface area contributed by atoms with Crippen LogP contribution in [0.3, 0.4) is 0 Å². The number of nitrogens with zero attached hydrogens (tertiary/aromatic N) is 9. The summed E-state index contributed by atoms with van der Waals surface area (Å²) in [5, 5.41) is 31.1. The predicted octanol–water partition coefficient (Wildman–Crippen LogP) is 11.8. The topological polar surface area (TPSA) is 274 Å². The molecule has 20 nitrogen and oxygen atoms in total. The van der Waals surface area contributed by atoms with Crippen LogP contribution in [0, 0.1) is 24.7 Å². The molecule has 6 aromatic rings. The number of nitrogens with two attached hydrogens (primary N) is 2. The van der Waals surface area contributed by atoms with Gasteiger partial charge in [-0.2, -0.15) is 46.5 Å². The molecule has 1 amide bonds. The molecule has 29 heteroatoms. The normalized spacial score (nSPS) is 21.2. The van der Waals surface area contributed by atoms with Crippen LogP contribution in [-0.4, -0.2) is 116 Å². The van der Waals surface area contributed by atoms with Gasteiger partial charge < -0.3 is 41.2 Å². The fourth-order valence-electron chi connectivity index (χ4n) is 11.1. The molecule has 0 radical (unpaired) electrons. The number of carboxylic acid groups (broad SMARTS) is 2. The number of halogens is 9. The van der Waals surface area contributed by atoms with E-state index in [-0.39, 0.29) is 92.7 Å². The Morgan fingerprint density at radius 1 is 0.686 bits per heavy atom. The van der Waals surface area contributed by atoms with E-state index < -0.39 is 65.7 Å². The first-order chi connectivity index (χ1) is 39.8. The molecule has 10 rings (SSSR count). The van der Waals surface area contributed by atoms with E-state index in [9.17, 15) is 50.9 Å². The fraction of sp³-hybridized carbons (Fsp3) is 0.421. The molecule has 0 saturated carbocycles. The second-order valence-corrected chi connectivity index (χ2v) is 23.6. The second kappa shape index (κ2) is 25.0. The van der Waals surface area contributed by atoms with Gasteiger partial charge in [-0.15, -0.1) is 12.4 Å². The lowest BCUT2D eigenvalue weighted by molar-refractivity contribution is -0.199. The maximum atomic E-state index is 14.5. The number of nitrogens with one attached hydrogen (secondary N) is 1. The number of carbonyl (C=O) groups excluding carboxylic acids is 1. The maximum absolute atomic E-state index is 14.5. The molecule has 2 spiro atoms. The van der Waals surface area contributed by atoms with Gasteiger partial charge in [-0.05, 0) is 144 Å². The molecule has 4 unspecified atom stereocenters. The molecule has 0 bridgehead atoms. The summed E-state index contributed by atoms with van der Waals surface area (Å²) in [4.78, 5) is 53.8. The van der Waals surface area contributed by atoms with E-state index in [0.29, 0.717) is 74.1 Å². The molecule has 2 aliphatic carbocycles. The number of hydrogen-bond acceptors (Lipinski definition) is 15. The maximum Gasteiger partial charge on any atom is 0.429 e. The number of benzene rings is 2. The standard InChI is InChI=1S/C31H34ClF3N6O5.C26H26ClF3N6O3.ClH/c1-17-9-12-41(39-17)22-13-19(32)5-6-20(22)25(31(33,34)35)45-24-14-21(37-27(36)38-24)18-7-10-30(11-8-18)15-23(26(42)43)40(16-30)28(44)46-29(2,3)4;1-14-6-9-36(35-14)20-10-16(27)2-3-17(20)22(26(28,29)30)39-21-11-18(33-24(31)34-21)15-4-7-25(8-5-15)12-19(23(37)38)32-13-25;/h5-7,9,12-14,23,25H,8,10-11,15-16H2,1-4H3,(H,42,43)(H2,36,37,38);2-4,6,9-11,19,22,32H,5,7-8,12-13H2,1H3,(H,37,38)(H2,31,33,34);1H/t23?,25-,30?;19?,22-,25?;/m11./s1. The van der Waals surface area contributed by atoms with Crippen molar-refractivity contribution < 1.29 is 65.1 Å². The Hall–Kier alpha value is -7.68. The van der Waals surface area contributed by atoms with Crippen molar-refractivity contribution in [2.45, 2.75) is 128 Å². The van der Waals surface area contributed by atoms with Crippen molar-refractivity contribution in [1.82, 2.24) is 49.7 Å². The molecule has 7 N–H and O–H groups in total. The molecule has 2 saturated heterocycles. The van der Waals surface area contributed by atoms with Gasteiger partial charge in [0.2, 0.25) is 35.9 Å². The summed E-state index contributed by atoms with van der Waals surface area (Å²) in [6.45, 7) is 9.33. The van der Waals surface area contributed by atoms with Crippen molar-refractivity contribution >= 4 is 76.7 Å². The molecule has 4 aliphatic rings. The van der Waals surface area contributed by atoms with Gasteiger partial charge >= 0.3 is 30.4 Å². The number of anilines is 2. The Morgan fingerprint density at radius 2 is 1.15 bits per heavy atom. The number of rotatable bonds is 12. The number of nitrogen functional groups attached to an aromatic ring is 2. The first-order valence-corrected chi connectivity index (χ1v) is 27.6. The number of allylic oxidation sites excluding steroid dienone is 4. The van der Waals surface area contributed by atoms with Crippen molar-refractivity contribution in [3.63, 3.8) is 0 Å². The minimum atomic E-state index is -4.86. The van der Waals surface area contributed by atoms with Crippen LogP contribution in [0.2, 0.25) is 10.0 Å². The highest BCUT2D eigenvalue weighted by molar-refractivity contribution is 6.31. The highest BCUT2D eigenvalue weighted by atomic mass is 35.5. The van der Waals surface area contributed by atoms with Crippen LogP contribution in [0.1, 0.15) is 118 Å². The average Bonchev–Trinajstić information content (AvgIpc) is 2.10. The van der Waals surface area contributed by atoms with E-state index in [2.05, 4.69) is 35.5 Å². The van der Waals surface area contributed by atoms with Crippen molar-refractivity contribution in [2.24, 2.45) is 10.8 Å². The number of alkyl halides is 6. The molecule has 2 aliphatic heterocycles. The average molecular weight is 1260 g/mol. The lowest BCUT2D eigenvalue weighted by atomic mass is 9.73. The number of ether oxygens (including phenoxy) is 3. The Labute approximate surface area is 505 Å². The van der Waals surface area contributed by atoms with Crippen molar-refractivity contribution in [3.05, 3.63) is 129 Å². The zero-order chi connectivity index (χ0) is 61.6. The van der Waals surface area contributed by atoms with E-state index in [0.717, 1.165) is 5.57 Å². The fourth-order valence-corrected chi connectivity index (χ4v) is 11.4. The monoisotopic (exact) mass is 1260 g/mol. The van der Waals surface area contributed by atoms with E-state index >= 15 is 0 Å². The van der Waals surface area contributed by atoms with Crippen LogP contribution in [-0.2, 0) is 14.3 Å². The summed E-state index contributed by atoms with van der Waals surface area (Å²) in [7, 11) is 0. The van der Waals surface area contributed by atoms with E-state index in [1.54, 1.807) is 52.9 Å². The van der Waals surface area contributed by atoms with Gasteiger partial charge in [-0.3, -0.25) is 9.69 Å².